The van der Waals surface area contributed by atoms with Crippen molar-refractivity contribution in [3.05, 3.63) is 41.5 Å². The molecule has 0 bridgehead atoms. The SMILES string of the molecule is CCN1CCN(c2ccc(NC(=O)CCc3cc(OC)c(OC)c(OC)c3)c(C)c2)CC1. The molecule has 1 saturated heterocycles. The molecule has 2 aromatic rings. The Kier molecular flexibility index (Phi) is 8.22. The fraction of sp³-hybridized carbons (Fsp3) is 0.480. The topological polar surface area (TPSA) is 63.3 Å². The molecular weight excluding hydrogens is 406 g/mol. The van der Waals surface area contributed by atoms with Crippen LogP contribution in [0.5, 0.6) is 17.2 Å². The van der Waals surface area contributed by atoms with Crippen LogP contribution in [0.4, 0.5) is 11.4 Å². The summed E-state index contributed by atoms with van der Waals surface area (Å²) in [4.78, 5) is 17.5. The predicted octanol–water partition coefficient (Wildman–Crippen LogP) is 3.73. The number of methoxy groups -OCH3 is 3. The fourth-order valence-electron chi connectivity index (χ4n) is 4.06. The molecule has 0 atom stereocenters. The van der Waals surface area contributed by atoms with Crippen molar-refractivity contribution in [1.82, 2.24) is 4.90 Å². The van der Waals surface area contributed by atoms with Crippen molar-refractivity contribution in [3.8, 4) is 17.2 Å². The van der Waals surface area contributed by atoms with Gasteiger partial charge in [0, 0.05) is 44.0 Å². The molecule has 3 rings (SSSR count). The first-order valence-corrected chi connectivity index (χ1v) is 11.2. The van der Waals surface area contributed by atoms with Crippen LogP contribution in [-0.4, -0.2) is 64.9 Å². The minimum absolute atomic E-state index is 0.0221. The molecule has 1 aliphatic heterocycles. The number of hydrogen-bond acceptors (Lipinski definition) is 6. The number of hydrogen-bond donors (Lipinski definition) is 1. The zero-order valence-electron chi connectivity index (χ0n) is 19.9. The van der Waals surface area contributed by atoms with Gasteiger partial charge in [-0.2, -0.15) is 0 Å². The predicted molar refractivity (Wildman–Crippen MR) is 129 cm³/mol. The molecule has 0 aromatic heterocycles. The van der Waals surface area contributed by atoms with Crippen LogP contribution in [0.15, 0.2) is 30.3 Å². The number of carbonyl (C=O) groups is 1. The Morgan fingerprint density at radius 3 is 2.16 bits per heavy atom. The summed E-state index contributed by atoms with van der Waals surface area (Å²) in [6, 6.07) is 10.0. The Balaban J connectivity index is 1.59. The Morgan fingerprint density at radius 1 is 0.969 bits per heavy atom. The van der Waals surface area contributed by atoms with Gasteiger partial charge < -0.3 is 29.3 Å². The van der Waals surface area contributed by atoms with E-state index in [-0.39, 0.29) is 5.91 Å². The van der Waals surface area contributed by atoms with Gasteiger partial charge in [-0.3, -0.25) is 4.79 Å². The van der Waals surface area contributed by atoms with E-state index in [1.165, 1.54) is 5.69 Å². The number of likely N-dealkylation sites (N-methyl/N-ethyl adjacent to an activating group) is 1. The van der Waals surface area contributed by atoms with Gasteiger partial charge in [-0.05, 0) is 61.3 Å². The van der Waals surface area contributed by atoms with Crippen LogP contribution in [0.25, 0.3) is 0 Å². The lowest BCUT2D eigenvalue weighted by Crippen LogP contribution is -2.46. The Labute approximate surface area is 191 Å². The maximum Gasteiger partial charge on any atom is 0.224 e. The van der Waals surface area contributed by atoms with Crippen molar-refractivity contribution in [2.75, 3.05) is 64.3 Å². The second-order valence-corrected chi connectivity index (χ2v) is 8.00. The molecule has 0 unspecified atom stereocenters. The number of ether oxygens (including phenoxy) is 3. The van der Waals surface area contributed by atoms with Gasteiger partial charge in [-0.25, -0.2) is 0 Å². The summed E-state index contributed by atoms with van der Waals surface area (Å²) in [5, 5.41) is 3.05. The summed E-state index contributed by atoms with van der Waals surface area (Å²) in [6.07, 6.45) is 0.931. The van der Waals surface area contributed by atoms with E-state index in [9.17, 15) is 4.79 Å². The number of nitrogens with zero attached hydrogens (tertiary/aromatic N) is 2. The van der Waals surface area contributed by atoms with Gasteiger partial charge in [0.15, 0.2) is 11.5 Å². The Hall–Kier alpha value is -2.93. The van der Waals surface area contributed by atoms with E-state index in [0.29, 0.717) is 30.1 Å². The van der Waals surface area contributed by atoms with Gasteiger partial charge >= 0.3 is 0 Å². The number of benzene rings is 2. The van der Waals surface area contributed by atoms with Crippen LogP contribution in [0.1, 0.15) is 24.5 Å². The van der Waals surface area contributed by atoms with Gasteiger partial charge in [0.1, 0.15) is 0 Å². The zero-order valence-corrected chi connectivity index (χ0v) is 19.9. The highest BCUT2D eigenvalue weighted by Crippen LogP contribution is 2.38. The van der Waals surface area contributed by atoms with Gasteiger partial charge in [-0.1, -0.05) is 6.92 Å². The third-order valence-corrected chi connectivity index (χ3v) is 6.03. The minimum atomic E-state index is -0.0221. The van der Waals surface area contributed by atoms with Crippen LogP contribution in [-0.2, 0) is 11.2 Å². The molecule has 1 N–H and O–H groups in total. The van der Waals surface area contributed by atoms with E-state index in [2.05, 4.69) is 34.2 Å². The summed E-state index contributed by atoms with van der Waals surface area (Å²) in [5.74, 6) is 1.71. The van der Waals surface area contributed by atoms with Crippen LogP contribution in [0, 0.1) is 6.92 Å². The highest BCUT2D eigenvalue weighted by Gasteiger charge is 2.17. The van der Waals surface area contributed by atoms with Crippen LogP contribution in [0.3, 0.4) is 0 Å². The average molecular weight is 442 g/mol. The molecule has 2 aromatic carbocycles. The second-order valence-electron chi connectivity index (χ2n) is 8.00. The van der Waals surface area contributed by atoms with Crippen molar-refractivity contribution in [2.45, 2.75) is 26.7 Å². The summed E-state index contributed by atoms with van der Waals surface area (Å²) in [7, 11) is 4.75. The normalized spacial score (nSPS) is 14.2. The largest absolute Gasteiger partial charge is 0.493 e. The molecule has 1 amide bonds. The second kappa shape index (κ2) is 11.1. The van der Waals surface area contributed by atoms with Crippen molar-refractivity contribution in [1.29, 1.82) is 0 Å². The molecule has 0 saturated carbocycles. The van der Waals surface area contributed by atoms with E-state index in [0.717, 1.165) is 49.5 Å². The lowest BCUT2D eigenvalue weighted by atomic mass is 10.1. The average Bonchev–Trinajstić information content (AvgIpc) is 2.83. The molecular formula is C25H35N3O4. The summed E-state index contributed by atoms with van der Waals surface area (Å²) in [5.41, 5.74) is 4.10. The molecule has 1 fully saturated rings. The number of piperazine rings is 1. The minimum Gasteiger partial charge on any atom is -0.493 e. The first-order chi connectivity index (χ1) is 15.5. The van der Waals surface area contributed by atoms with Gasteiger partial charge in [0.2, 0.25) is 11.7 Å². The highest BCUT2D eigenvalue weighted by atomic mass is 16.5. The van der Waals surface area contributed by atoms with Crippen molar-refractivity contribution < 1.29 is 19.0 Å². The number of amides is 1. The standard InChI is InChI=1S/C25H35N3O4/c1-6-27-11-13-28(14-12-27)20-8-9-21(18(2)15-20)26-24(29)10-7-19-16-22(30-3)25(32-5)23(17-19)31-4/h8-9,15-17H,6-7,10-14H2,1-5H3,(H,26,29). The first kappa shape index (κ1) is 23.7. The number of carbonyl (C=O) groups excluding carboxylic acids is 1. The highest BCUT2D eigenvalue weighted by molar-refractivity contribution is 5.92. The lowest BCUT2D eigenvalue weighted by molar-refractivity contribution is -0.116. The molecule has 7 heteroatoms. The third kappa shape index (κ3) is 5.65. The molecule has 174 valence electrons. The Bertz CT molecular complexity index is 898. The van der Waals surface area contributed by atoms with Crippen LogP contribution < -0.4 is 24.4 Å². The number of aryl methyl sites for hydroxylation is 2. The summed E-state index contributed by atoms with van der Waals surface area (Å²) < 4.78 is 16.2. The summed E-state index contributed by atoms with van der Waals surface area (Å²) in [6.45, 7) is 9.61. The zero-order chi connectivity index (χ0) is 23.1. The smallest absolute Gasteiger partial charge is 0.224 e. The number of rotatable bonds is 9. The monoisotopic (exact) mass is 441 g/mol. The van der Waals surface area contributed by atoms with Crippen LogP contribution >= 0.6 is 0 Å². The molecule has 0 radical (unpaired) electrons. The van der Waals surface area contributed by atoms with Gasteiger partial charge in [-0.15, -0.1) is 0 Å². The molecule has 32 heavy (non-hydrogen) atoms. The van der Waals surface area contributed by atoms with Gasteiger partial charge in [0.25, 0.3) is 0 Å². The maximum absolute atomic E-state index is 12.6. The van der Waals surface area contributed by atoms with Crippen LogP contribution in [0.2, 0.25) is 0 Å². The molecule has 0 spiro atoms. The first-order valence-electron chi connectivity index (χ1n) is 11.2. The van der Waals surface area contributed by atoms with Crippen molar-refractivity contribution >= 4 is 17.3 Å². The van der Waals surface area contributed by atoms with Crippen molar-refractivity contribution in [3.63, 3.8) is 0 Å². The van der Waals surface area contributed by atoms with E-state index in [4.69, 9.17) is 14.2 Å². The molecule has 1 heterocycles. The molecule has 7 nitrogen and oxygen atoms in total. The van der Waals surface area contributed by atoms with E-state index in [1.54, 1.807) is 21.3 Å². The Morgan fingerprint density at radius 2 is 1.62 bits per heavy atom. The van der Waals surface area contributed by atoms with E-state index >= 15 is 0 Å². The van der Waals surface area contributed by atoms with Gasteiger partial charge in [0.05, 0.1) is 21.3 Å². The van der Waals surface area contributed by atoms with Crippen molar-refractivity contribution in [2.24, 2.45) is 0 Å². The fourth-order valence-corrected chi connectivity index (χ4v) is 4.06. The maximum atomic E-state index is 12.6. The number of nitrogens with one attached hydrogen (secondary N) is 1. The third-order valence-electron chi connectivity index (χ3n) is 6.03. The molecule has 1 aliphatic rings. The lowest BCUT2D eigenvalue weighted by Gasteiger charge is -2.35. The van der Waals surface area contributed by atoms with E-state index in [1.807, 2.05) is 25.1 Å². The molecule has 0 aliphatic carbocycles. The summed E-state index contributed by atoms with van der Waals surface area (Å²) >= 11 is 0. The van der Waals surface area contributed by atoms with E-state index < -0.39 is 0 Å². The quantitative estimate of drug-likeness (QED) is 0.640. The number of anilines is 2.